The molecule has 8 heteroatoms. The molecule has 0 saturated carbocycles. The summed E-state index contributed by atoms with van der Waals surface area (Å²) < 4.78 is 8.62. The molecule has 2 aromatic carbocycles. The van der Waals surface area contributed by atoms with Crippen molar-refractivity contribution in [3.63, 3.8) is 0 Å². The number of ether oxygens (including phenoxy) is 1. The first-order valence-corrected chi connectivity index (χ1v) is 11.7. The molecule has 0 saturated heterocycles. The average molecular weight is 511 g/mol. The van der Waals surface area contributed by atoms with Crippen LogP contribution in [0.1, 0.15) is 35.5 Å². The molecule has 3 aromatic rings. The molecule has 1 aliphatic rings. The van der Waals surface area contributed by atoms with Crippen LogP contribution in [-0.4, -0.2) is 39.6 Å². The molecule has 172 valence electrons. The van der Waals surface area contributed by atoms with Crippen LogP contribution in [0.3, 0.4) is 0 Å². The number of nitrogens with zero attached hydrogens (tertiary/aromatic N) is 3. The van der Waals surface area contributed by atoms with Crippen molar-refractivity contribution < 1.29 is 14.3 Å². The number of amides is 2. The number of carbonyl (C=O) groups excluding carboxylic acids is 2. The average Bonchev–Trinajstić information content (AvgIpc) is 3.15. The number of nitrogens with one attached hydrogen (secondary N) is 1. The Bertz CT molecular complexity index is 1170. The molecule has 4 rings (SSSR count). The van der Waals surface area contributed by atoms with Crippen LogP contribution in [0.25, 0.3) is 11.3 Å². The van der Waals surface area contributed by atoms with Crippen molar-refractivity contribution >= 4 is 27.7 Å². The van der Waals surface area contributed by atoms with Gasteiger partial charge < -0.3 is 15.0 Å². The van der Waals surface area contributed by atoms with Gasteiger partial charge in [0.1, 0.15) is 12.4 Å². The van der Waals surface area contributed by atoms with Gasteiger partial charge in [0, 0.05) is 48.2 Å². The first-order chi connectivity index (χ1) is 15.8. The molecule has 7 nitrogen and oxygen atoms in total. The minimum Gasteiger partial charge on any atom is -0.488 e. The van der Waals surface area contributed by atoms with Crippen LogP contribution in [-0.2, 0) is 25.0 Å². The number of carbonyl (C=O) groups is 2. The summed E-state index contributed by atoms with van der Waals surface area (Å²) in [4.78, 5) is 27.4. The fourth-order valence-corrected chi connectivity index (χ4v) is 4.26. The van der Waals surface area contributed by atoms with Crippen LogP contribution >= 0.6 is 15.9 Å². The summed E-state index contributed by atoms with van der Waals surface area (Å²) in [5, 5.41) is 7.50. The van der Waals surface area contributed by atoms with Crippen LogP contribution in [0, 0.1) is 5.92 Å². The number of rotatable bonds is 7. The molecule has 0 bridgehead atoms. The van der Waals surface area contributed by atoms with Gasteiger partial charge in [-0.05, 0) is 23.8 Å². The quantitative estimate of drug-likeness (QED) is 0.517. The van der Waals surface area contributed by atoms with Crippen molar-refractivity contribution in [3.8, 4) is 17.0 Å². The van der Waals surface area contributed by atoms with E-state index in [0.717, 1.165) is 32.6 Å². The van der Waals surface area contributed by atoms with E-state index in [-0.39, 0.29) is 24.3 Å². The van der Waals surface area contributed by atoms with E-state index >= 15 is 0 Å². The Balaban J connectivity index is 1.63. The molecule has 1 aliphatic heterocycles. The van der Waals surface area contributed by atoms with Gasteiger partial charge in [-0.15, -0.1) is 0 Å². The number of halogens is 1. The van der Waals surface area contributed by atoms with Crippen LogP contribution in [0.15, 0.2) is 53.0 Å². The van der Waals surface area contributed by atoms with Crippen LogP contribution in [0.5, 0.6) is 5.75 Å². The monoisotopic (exact) mass is 510 g/mol. The summed E-state index contributed by atoms with van der Waals surface area (Å²) in [6, 6.07) is 15.6. The van der Waals surface area contributed by atoms with E-state index < -0.39 is 0 Å². The highest BCUT2D eigenvalue weighted by molar-refractivity contribution is 9.10. The first kappa shape index (κ1) is 23.0. The first-order valence-electron chi connectivity index (χ1n) is 10.9. The molecule has 0 unspecified atom stereocenters. The number of fused-ring (bicyclic) bond motifs is 3. The maximum atomic E-state index is 13.7. The predicted molar refractivity (Wildman–Crippen MR) is 130 cm³/mol. The highest BCUT2D eigenvalue weighted by Gasteiger charge is 2.31. The molecule has 0 radical (unpaired) electrons. The predicted octanol–water partition coefficient (Wildman–Crippen LogP) is 4.16. The van der Waals surface area contributed by atoms with Gasteiger partial charge in [-0.2, -0.15) is 5.10 Å². The van der Waals surface area contributed by atoms with E-state index in [1.54, 1.807) is 9.58 Å². The number of aromatic nitrogens is 2. The van der Waals surface area contributed by atoms with E-state index in [4.69, 9.17) is 4.74 Å². The molecule has 33 heavy (non-hydrogen) atoms. The molecule has 1 aromatic heterocycles. The maximum Gasteiger partial charge on any atom is 0.275 e. The number of hydrogen-bond donors (Lipinski definition) is 1. The summed E-state index contributed by atoms with van der Waals surface area (Å²) >= 11 is 3.52. The largest absolute Gasteiger partial charge is 0.488 e. The minimum atomic E-state index is -0.184. The van der Waals surface area contributed by atoms with Crippen molar-refractivity contribution in [1.29, 1.82) is 0 Å². The fraction of sp³-hybridized carbons (Fsp3) is 0.320. The molecule has 2 amide bonds. The highest BCUT2D eigenvalue weighted by Crippen LogP contribution is 2.40. The van der Waals surface area contributed by atoms with Gasteiger partial charge >= 0.3 is 0 Å². The zero-order valence-corrected chi connectivity index (χ0v) is 20.6. The molecule has 0 aliphatic carbocycles. The Labute approximate surface area is 201 Å². The second-order valence-electron chi connectivity index (χ2n) is 8.39. The lowest BCUT2D eigenvalue weighted by atomic mass is 10.0. The third-order valence-corrected chi connectivity index (χ3v) is 6.12. The van der Waals surface area contributed by atoms with E-state index in [0.29, 0.717) is 25.3 Å². The highest BCUT2D eigenvalue weighted by atomic mass is 79.9. The van der Waals surface area contributed by atoms with Gasteiger partial charge in [0.2, 0.25) is 5.91 Å². The minimum absolute atomic E-state index is 0.0343. The lowest BCUT2D eigenvalue weighted by molar-refractivity contribution is -0.124. The van der Waals surface area contributed by atoms with Crippen molar-refractivity contribution in [2.75, 3.05) is 13.1 Å². The summed E-state index contributed by atoms with van der Waals surface area (Å²) in [6.07, 6.45) is 0. The standard InChI is InChI=1S/C25H27BrN4O3/c1-16(2)24(31)27-11-12-30(14-17-7-5-4-6-8-17)25(32)22-20-15-33-21-10-9-18(26)13-19(21)23(20)29(3)28-22/h4-10,13,16H,11-12,14-15H2,1-3H3,(H,27,31). The van der Waals surface area contributed by atoms with Gasteiger partial charge in [0.15, 0.2) is 5.69 Å². The fourth-order valence-electron chi connectivity index (χ4n) is 3.90. The zero-order valence-electron chi connectivity index (χ0n) is 19.0. The van der Waals surface area contributed by atoms with Gasteiger partial charge in [-0.25, -0.2) is 0 Å². The molecule has 0 spiro atoms. The molecule has 2 heterocycles. The number of aryl methyl sites for hydroxylation is 1. The van der Waals surface area contributed by atoms with Crippen LogP contribution in [0.4, 0.5) is 0 Å². The van der Waals surface area contributed by atoms with Crippen LogP contribution < -0.4 is 10.1 Å². The number of benzene rings is 2. The summed E-state index contributed by atoms with van der Waals surface area (Å²) in [7, 11) is 1.84. The topological polar surface area (TPSA) is 76.5 Å². The van der Waals surface area contributed by atoms with Gasteiger partial charge in [-0.3, -0.25) is 14.3 Å². The van der Waals surface area contributed by atoms with Gasteiger partial charge in [0.05, 0.1) is 5.69 Å². The lowest BCUT2D eigenvalue weighted by Crippen LogP contribution is -2.39. The molecule has 0 atom stereocenters. The van der Waals surface area contributed by atoms with E-state index in [9.17, 15) is 9.59 Å². The maximum absolute atomic E-state index is 13.7. The van der Waals surface area contributed by atoms with E-state index in [2.05, 4.69) is 26.3 Å². The SMILES string of the molecule is CC(C)C(=O)NCCN(Cc1ccccc1)C(=O)c1nn(C)c2c1COc1ccc(Br)cc1-2. The second-order valence-corrected chi connectivity index (χ2v) is 9.30. The smallest absolute Gasteiger partial charge is 0.275 e. The summed E-state index contributed by atoms with van der Waals surface area (Å²) in [6.45, 7) is 5.14. The van der Waals surface area contributed by atoms with Crippen LogP contribution in [0.2, 0.25) is 0 Å². The zero-order chi connectivity index (χ0) is 23.5. The Morgan fingerprint density at radius 2 is 1.97 bits per heavy atom. The third-order valence-electron chi connectivity index (χ3n) is 5.63. The summed E-state index contributed by atoms with van der Waals surface area (Å²) in [5.74, 6) is 0.442. The van der Waals surface area contributed by atoms with Crippen molar-refractivity contribution in [3.05, 3.63) is 69.8 Å². The van der Waals surface area contributed by atoms with E-state index in [1.165, 1.54) is 0 Å². The number of hydrogen-bond acceptors (Lipinski definition) is 4. The Morgan fingerprint density at radius 3 is 2.70 bits per heavy atom. The van der Waals surface area contributed by atoms with Crippen molar-refractivity contribution in [2.45, 2.75) is 27.0 Å². The normalized spacial score (nSPS) is 12.0. The summed E-state index contributed by atoms with van der Waals surface area (Å²) in [5.41, 5.74) is 3.95. The third kappa shape index (κ3) is 4.95. The second kappa shape index (κ2) is 9.79. The van der Waals surface area contributed by atoms with Crippen molar-refractivity contribution in [1.82, 2.24) is 20.0 Å². The lowest BCUT2D eigenvalue weighted by Gasteiger charge is -2.24. The molecule has 1 N–H and O–H groups in total. The van der Waals surface area contributed by atoms with Gasteiger partial charge in [0.25, 0.3) is 5.91 Å². The Hall–Kier alpha value is -3.13. The van der Waals surface area contributed by atoms with Crippen molar-refractivity contribution in [2.24, 2.45) is 13.0 Å². The Morgan fingerprint density at radius 1 is 1.21 bits per heavy atom. The van der Waals surface area contributed by atoms with Gasteiger partial charge in [-0.1, -0.05) is 60.1 Å². The molecular weight excluding hydrogens is 484 g/mol. The molecular formula is C25H27BrN4O3. The molecule has 0 fully saturated rings. The Kier molecular flexibility index (Phi) is 6.83. The van der Waals surface area contributed by atoms with E-state index in [1.807, 2.05) is 69.4 Å².